The summed E-state index contributed by atoms with van der Waals surface area (Å²) in [5.74, 6) is -0.226. The number of rotatable bonds is 5. The van der Waals surface area contributed by atoms with E-state index in [0.29, 0.717) is 17.1 Å². The van der Waals surface area contributed by atoms with Crippen molar-refractivity contribution in [3.05, 3.63) is 92.1 Å². The predicted octanol–water partition coefficient (Wildman–Crippen LogP) is 5.73. The van der Waals surface area contributed by atoms with E-state index in [1.807, 2.05) is 30.9 Å². The van der Waals surface area contributed by atoms with Gasteiger partial charge in [0.1, 0.15) is 6.54 Å². The molecular weight excluding hydrogens is 440 g/mol. The number of hydrogen-bond acceptors (Lipinski definition) is 3. The van der Waals surface area contributed by atoms with Gasteiger partial charge in [0.2, 0.25) is 5.91 Å². The van der Waals surface area contributed by atoms with E-state index in [2.05, 4.69) is 30.5 Å². The molecule has 1 aliphatic rings. The quantitative estimate of drug-likeness (QED) is 0.481. The Labute approximate surface area is 198 Å². The molecule has 166 valence electrons. The second-order valence-electron chi connectivity index (χ2n) is 8.43. The standard InChI is InChI=1S/C26H27ClN2O2S/c1-17(2)29(26(31)19-8-6-9-20(27)15-19)16-24(30)28-13-11-23-22(12-14-32-23)25(28)21-10-5-4-7-18(21)3/h4-10,12,14-15,17,25H,11,13,16H2,1-3H3. The van der Waals surface area contributed by atoms with Crippen LogP contribution in [0.5, 0.6) is 0 Å². The molecule has 0 fully saturated rings. The molecule has 1 unspecified atom stereocenters. The minimum Gasteiger partial charge on any atom is -0.330 e. The number of thiophene rings is 1. The highest BCUT2D eigenvalue weighted by Gasteiger charge is 2.35. The first kappa shape index (κ1) is 22.6. The lowest BCUT2D eigenvalue weighted by Crippen LogP contribution is -2.48. The number of carbonyl (C=O) groups excluding carboxylic acids is 2. The topological polar surface area (TPSA) is 40.6 Å². The van der Waals surface area contributed by atoms with Crippen molar-refractivity contribution < 1.29 is 9.59 Å². The predicted molar refractivity (Wildman–Crippen MR) is 130 cm³/mol. The maximum atomic E-state index is 13.7. The molecule has 1 aromatic heterocycles. The number of halogens is 1. The monoisotopic (exact) mass is 466 g/mol. The molecule has 2 heterocycles. The van der Waals surface area contributed by atoms with Crippen molar-refractivity contribution in [3.8, 4) is 0 Å². The van der Waals surface area contributed by atoms with E-state index in [0.717, 1.165) is 17.5 Å². The smallest absolute Gasteiger partial charge is 0.254 e. The number of amides is 2. The van der Waals surface area contributed by atoms with Crippen molar-refractivity contribution >= 4 is 34.8 Å². The normalized spacial score (nSPS) is 15.5. The van der Waals surface area contributed by atoms with E-state index in [1.165, 1.54) is 10.4 Å². The van der Waals surface area contributed by atoms with Crippen LogP contribution < -0.4 is 0 Å². The maximum absolute atomic E-state index is 13.7. The number of carbonyl (C=O) groups is 2. The Balaban J connectivity index is 1.64. The summed E-state index contributed by atoms with van der Waals surface area (Å²) in [6.45, 7) is 6.62. The van der Waals surface area contributed by atoms with Gasteiger partial charge in [-0.25, -0.2) is 0 Å². The van der Waals surface area contributed by atoms with Crippen LogP contribution in [0.25, 0.3) is 0 Å². The summed E-state index contributed by atoms with van der Waals surface area (Å²) in [5.41, 5.74) is 3.98. The lowest BCUT2D eigenvalue weighted by Gasteiger charge is -2.38. The molecule has 0 bridgehead atoms. The van der Waals surface area contributed by atoms with Crippen LogP contribution >= 0.6 is 22.9 Å². The summed E-state index contributed by atoms with van der Waals surface area (Å²) in [7, 11) is 0. The molecule has 1 atom stereocenters. The summed E-state index contributed by atoms with van der Waals surface area (Å²) in [4.78, 5) is 31.8. The van der Waals surface area contributed by atoms with E-state index < -0.39 is 0 Å². The van der Waals surface area contributed by atoms with E-state index in [9.17, 15) is 9.59 Å². The van der Waals surface area contributed by atoms with Crippen LogP contribution in [0.1, 0.15) is 51.8 Å². The van der Waals surface area contributed by atoms with Crippen molar-refractivity contribution in [1.82, 2.24) is 9.80 Å². The average Bonchev–Trinajstić information content (AvgIpc) is 3.25. The number of nitrogens with zero attached hydrogens (tertiary/aromatic N) is 2. The number of aryl methyl sites for hydroxylation is 1. The first-order valence-corrected chi connectivity index (χ1v) is 12.1. The van der Waals surface area contributed by atoms with Crippen LogP contribution in [0.4, 0.5) is 0 Å². The van der Waals surface area contributed by atoms with Crippen molar-refractivity contribution in [2.45, 2.75) is 39.3 Å². The number of hydrogen-bond donors (Lipinski definition) is 0. The van der Waals surface area contributed by atoms with Crippen molar-refractivity contribution in [2.75, 3.05) is 13.1 Å². The van der Waals surface area contributed by atoms with Crippen LogP contribution in [0.15, 0.2) is 60.0 Å². The molecule has 3 aromatic rings. The molecule has 2 amide bonds. The summed E-state index contributed by atoms with van der Waals surface area (Å²) < 4.78 is 0. The minimum absolute atomic E-state index is 0.0326. The molecule has 1 aliphatic heterocycles. The molecule has 0 radical (unpaired) electrons. The van der Waals surface area contributed by atoms with Gasteiger partial charge in [0.05, 0.1) is 6.04 Å². The van der Waals surface area contributed by atoms with Gasteiger partial charge in [-0.05, 0) is 73.5 Å². The van der Waals surface area contributed by atoms with Gasteiger partial charge in [0.15, 0.2) is 0 Å². The Morgan fingerprint density at radius 1 is 1.12 bits per heavy atom. The summed E-state index contributed by atoms with van der Waals surface area (Å²) in [6.07, 6.45) is 0.838. The van der Waals surface area contributed by atoms with Gasteiger partial charge in [-0.3, -0.25) is 9.59 Å². The van der Waals surface area contributed by atoms with Gasteiger partial charge in [-0.15, -0.1) is 11.3 Å². The van der Waals surface area contributed by atoms with Gasteiger partial charge >= 0.3 is 0 Å². The molecule has 4 rings (SSSR count). The zero-order chi connectivity index (χ0) is 22.8. The van der Waals surface area contributed by atoms with Crippen molar-refractivity contribution in [2.24, 2.45) is 0 Å². The third-order valence-electron chi connectivity index (χ3n) is 6.03. The SMILES string of the molecule is Cc1ccccc1C1c2ccsc2CCN1C(=O)CN(C(=O)c1cccc(Cl)c1)C(C)C. The second-order valence-corrected chi connectivity index (χ2v) is 9.87. The molecule has 2 aromatic carbocycles. The third kappa shape index (κ3) is 4.45. The van der Waals surface area contributed by atoms with Crippen LogP contribution in [-0.4, -0.2) is 40.7 Å². The van der Waals surface area contributed by atoms with E-state index in [4.69, 9.17) is 11.6 Å². The van der Waals surface area contributed by atoms with Gasteiger partial charge in [-0.1, -0.05) is 41.9 Å². The summed E-state index contributed by atoms with van der Waals surface area (Å²) in [5, 5.41) is 2.61. The molecular formula is C26H27ClN2O2S. The highest BCUT2D eigenvalue weighted by Crippen LogP contribution is 2.39. The zero-order valence-corrected chi connectivity index (χ0v) is 20.1. The minimum atomic E-state index is -0.184. The average molecular weight is 467 g/mol. The van der Waals surface area contributed by atoms with Gasteiger partial charge in [0, 0.05) is 28.0 Å². The Morgan fingerprint density at radius 3 is 2.62 bits per heavy atom. The van der Waals surface area contributed by atoms with Crippen molar-refractivity contribution in [3.63, 3.8) is 0 Å². The number of benzene rings is 2. The Kier molecular flexibility index (Phi) is 6.68. The fraction of sp³-hybridized carbons (Fsp3) is 0.308. The first-order chi connectivity index (χ1) is 15.4. The van der Waals surface area contributed by atoms with E-state index in [-0.39, 0.29) is 30.4 Å². The molecule has 0 aliphatic carbocycles. The van der Waals surface area contributed by atoms with Gasteiger partial charge in [0.25, 0.3) is 5.91 Å². The first-order valence-electron chi connectivity index (χ1n) is 10.8. The fourth-order valence-electron chi connectivity index (χ4n) is 4.33. The lowest BCUT2D eigenvalue weighted by molar-refractivity contribution is -0.134. The van der Waals surface area contributed by atoms with E-state index in [1.54, 1.807) is 40.5 Å². The second kappa shape index (κ2) is 9.47. The molecule has 0 saturated heterocycles. The zero-order valence-electron chi connectivity index (χ0n) is 18.5. The molecule has 0 spiro atoms. The summed E-state index contributed by atoms with van der Waals surface area (Å²) >= 11 is 7.85. The highest BCUT2D eigenvalue weighted by molar-refractivity contribution is 7.10. The maximum Gasteiger partial charge on any atom is 0.254 e. The van der Waals surface area contributed by atoms with Crippen LogP contribution in [0.3, 0.4) is 0 Å². The highest BCUT2D eigenvalue weighted by atomic mass is 35.5. The van der Waals surface area contributed by atoms with Crippen LogP contribution in [-0.2, 0) is 11.2 Å². The van der Waals surface area contributed by atoms with Gasteiger partial charge in [-0.2, -0.15) is 0 Å². The van der Waals surface area contributed by atoms with Crippen LogP contribution in [0, 0.1) is 6.92 Å². The molecule has 4 nitrogen and oxygen atoms in total. The van der Waals surface area contributed by atoms with Crippen LogP contribution in [0.2, 0.25) is 5.02 Å². The molecule has 0 N–H and O–H groups in total. The molecule has 6 heteroatoms. The molecule has 32 heavy (non-hydrogen) atoms. The largest absolute Gasteiger partial charge is 0.330 e. The van der Waals surface area contributed by atoms with Gasteiger partial charge < -0.3 is 9.80 Å². The lowest BCUT2D eigenvalue weighted by atomic mass is 9.90. The molecule has 0 saturated carbocycles. The number of fused-ring (bicyclic) bond motifs is 1. The van der Waals surface area contributed by atoms with Crippen molar-refractivity contribution in [1.29, 1.82) is 0 Å². The summed E-state index contributed by atoms with van der Waals surface area (Å²) in [6, 6.07) is 17.0. The van der Waals surface area contributed by atoms with E-state index >= 15 is 0 Å². The Hall–Kier alpha value is -2.63. The fourth-order valence-corrected chi connectivity index (χ4v) is 5.42. The Morgan fingerprint density at radius 2 is 1.91 bits per heavy atom. The third-order valence-corrected chi connectivity index (χ3v) is 7.26. The Bertz CT molecular complexity index is 1140.